The Hall–Kier alpha value is -1.94. The number of anilines is 1. The van der Waals surface area contributed by atoms with E-state index in [1.54, 1.807) is 30.8 Å². The first kappa shape index (κ1) is 14.5. The third-order valence-electron chi connectivity index (χ3n) is 2.74. The second kappa shape index (κ2) is 6.48. The van der Waals surface area contributed by atoms with Crippen molar-refractivity contribution in [2.24, 2.45) is 0 Å². The lowest BCUT2D eigenvalue weighted by Gasteiger charge is -2.08. The highest BCUT2D eigenvalue weighted by molar-refractivity contribution is 7.99. The van der Waals surface area contributed by atoms with Gasteiger partial charge in [0.1, 0.15) is 0 Å². The molecule has 3 nitrogen and oxygen atoms in total. The summed E-state index contributed by atoms with van der Waals surface area (Å²) in [5, 5.41) is 0. The number of nitrogens with two attached hydrogens (primary N) is 1. The first-order valence-electron chi connectivity index (χ1n) is 6.41. The van der Waals surface area contributed by atoms with E-state index in [9.17, 15) is 4.79 Å². The topological polar surface area (TPSA) is 52.3 Å². The summed E-state index contributed by atoms with van der Waals surface area (Å²) in [4.78, 5) is 13.7. The maximum atomic E-state index is 11.6. The van der Waals surface area contributed by atoms with Crippen molar-refractivity contribution in [3.8, 4) is 0 Å². The highest BCUT2D eigenvalue weighted by atomic mass is 32.2. The zero-order valence-corrected chi connectivity index (χ0v) is 12.4. The minimum absolute atomic E-state index is 0.341. The van der Waals surface area contributed by atoms with Crippen LogP contribution < -0.4 is 5.73 Å². The van der Waals surface area contributed by atoms with Crippen LogP contribution in [0, 0.1) is 6.92 Å². The molecule has 0 heterocycles. The van der Waals surface area contributed by atoms with Gasteiger partial charge in [0.05, 0.1) is 12.2 Å². The quantitative estimate of drug-likeness (QED) is 0.684. The van der Waals surface area contributed by atoms with Gasteiger partial charge in [-0.1, -0.05) is 29.5 Å². The van der Waals surface area contributed by atoms with Gasteiger partial charge in [0, 0.05) is 15.5 Å². The molecule has 2 aromatic rings. The molecule has 0 unspecified atom stereocenters. The summed E-state index contributed by atoms with van der Waals surface area (Å²) < 4.78 is 4.96. The SMILES string of the molecule is CCOC(=O)c1ccc(Sc2cccc(C)c2)c(N)c1. The van der Waals surface area contributed by atoms with Crippen molar-refractivity contribution in [2.45, 2.75) is 23.6 Å². The average molecular weight is 287 g/mol. The molecule has 0 saturated carbocycles. The molecule has 0 fully saturated rings. The van der Waals surface area contributed by atoms with Crippen LogP contribution in [0.2, 0.25) is 0 Å². The number of benzene rings is 2. The van der Waals surface area contributed by atoms with Gasteiger partial charge in [0.25, 0.3) is 0 Å². The van der Waals surface area contributed by atoms with E-state index in [2.05, 4.69) is 19.1 Å². The lowest BCUT2D eigenvalue weighted by Crippen LogP contribution is -2.05. The van der Waals surface area contributed by atoms with E-state index in [-0.39, 0.29) is 5.97 Å². The summed E-state index contributed by atoms with van der Waals surface area (Å²) >= 11 is 1.59. The van der Waals surface area contributed by atoms with Crippen LogP contribution in [0.15, 0.2) is 52.3 Å². The lowest BCUT2D eigenvalue weighted by molar-refractivity contribution is 0.0526. The van der Waals surface area contributed by atoms with Crippen LogP contribution in [0.3, 0.4) is 0 Å². The second-order valence-corrected chi connectivity index (χ2v) is 5.51. The van der Waals surface area contributed by atoms with E-state index < -0.39 is 0 Å². The van der Waals surface area contributed by atoms with Gasteiger partial charge in [-0.05, 0) is 44.2 Å². The smallest absolute Gasteiger partial charge is 0.338 e. The van der Waals surface area contributed by atoms with Gasteiger partial charge in [-0.15, -0.1) is 0 Å². The third-order valence-corrected chi connectivity index (χ3v) is 3.82. The first-order chi connectivity index (χ1) is 9.60. The average Bonchev–Trinajstić information content (AvgIpc) is 2.41. The summed E-state index contributed by atoms with van der Waals surface area (Å²) in [5.41, 5.74) is 8.29. The molecule has 0 saturated heterocycles. The highest BCUT2D eigenvalue weighted by Gasteiger charge is 2.09. The number of rotatable bonds is 4. The predicted molar refractivity (Wildman–Crippen MR) is 82.1 cm³/mol. The van der Waals surface area contributed by atoms with E-state index in [0.717, 1.165) is 9.79 Å². The lowest BCUT2D eigenvalue weighted by atomic mass is 10.2. The van der Waals surface area contributed by atoms with E-state index in [4.69, 9.17) is 10.5 Å². The third kappa shape index (κ3) is 3.54. The molecule has 0 aliphatic carbocycles. The molecule has 0 aromatic heterocycles. The molecule has 4 heteroatoms. The standard InChI is InChI=1S/C16H17NO2S/c1-3-19-16(18)12-7-8-15(14(17)10-12)20-13-6-4-5-11(2)9-13/h4-10H,3,17H2,1-2H3. The van der Waals surface area contributed by atoms with Crippen molar-refractivity contribution in [1.82, 2.24) is 0 Å². The zero-order chi connectivity index (χ0) is 14.5. The Labute approximate surface area is 123 Å². The van der Waals surface area contributed by atoms with E-state index in [1.807, 2.05) is 18.2 Å². The molecule has 20 heavy (non-hydrogen) atoms. The number of ether oxygens (including phenoxy) is 1. The second-order valence-electron chi connectivity index (χ2n) is 4.39. The number of aryl methyl sites for hydroxylation is 1. The largest absolute Gasteiger partial charge is 0.462 e. The molecule has 0 aliphatic heterocycles. The van der Waals surface area contributed by atoms with Gasteiger partial charge < -0.3 is 10.5 Å². The molecule has 2 rings (SSSR count). The number of hydrogen-bond acceptors (Lipinski definition) is 4. The van der Waals surface area contributed by atoms with Crippen molar-refractivity contribution in [2.75, 3.05) is 12.3 Å². The van der Waals surface area contributed by atoms with Crippen LogP contribution in [0.5, 0.6) is 0 Å². The van der Waals surface area contributed by atoms with Crippen LogP contribution in [0.1, 0.15) is 22.8 Å². The molecule has 0 atom stereocenters. The number of esters is 1. The van der Waals surface area contributed by atoms with Crippen LogP contribution in [0.25, 0.3) is 0 Å². The summed E-state index contributed by atoms with van der Waals surface area (Å²) in [6, 6.07) is 13.5. The number of nitrogen functional groups attached to an aromatic ring is 1. The molecule has 104 valence electrons. The summed E-state index contributed by atoms with van der Waals surface area (Å²) in [5.74, 6) is -0.341. The Kier molecular flexibility index (Phi) is 4.69. The Balaban J connectivity index is 2.20. The fraction of sp³-hybridized carbons (Fsp3) is 0.188. The number of carbonyl (C=O) groups is 1. The molecular formula is C16H17NO2S. The highest BCUT2D eigenvalue weighted by Crippen LogP contribution is 2.33. The van der Waals surface area contributed by atoms with Crippen molar-refractivity contribution < 1.29 is 9.53 Å². The Morgan fingerprint density at radius 1 is 1.25 bits per heavy atom. The maximum absolute atomic E-state index is 11.6. The summed E-state index contributed by atoms with van der Waals surface area (Å²) in [6.07, 6.45) is 0. The first-order valence-corrected chi connectivity index (χ1v) is 7.23. The van der Waals surface area contributed by atoms with Gasteiger partial charge in [0.2, 0.25) is 0 Å². The normalized spacial score (nSPS) is 10.3. The summed E-state index contributed by atoms with van der Waals surface area (Å²) in [7, 11) is 0. The molecule has 2 N–H and O–H groups in total. The molecular weight excluding hydrogens is 270 g/mol. The van der Waals surface area contributed by atoms with Crippen LogP contribution in [0.4, 0.5) is 5.69 Å². The fourth-order valence-electron chi connectivity index (χ4n) is 1.79. The van der Waals surface area contributed by atoms with Gasteiger partial charge >= 0.3 is 5.97 Å². The molecule has 0 radical (unpaired) electrons. The minimum atomic E-state index is -0.341. The molecule has 0 amide bonds. The van der Waals surface area contributed by atoms with Crippen molar-refractivity contribution in [3.63, 3.8) is 0 Å². The van der Waals surface area contributed by atoms with Gasteiger partial charge in [0.15, 0.2) is 0 Å². The predicted octanol–water partition coefficient (Wildman–Crippen LogP) is 3.91. The van der Waals surface area contributed by atoms with Gasteiger partial charge in [-0.25, -0.2) is 4.79 Å². The van der Waals surface area contributed by atoms with E-state index in [0.29, 0.717) is 17.9 Å². The Bertz CT molecular complexity index is 626. The molecule has 2 aromatic carbocycles. The fourth-order valence-corrected chi connectivity index (χ4v) is 2.75. The van der Waals surface area contributed by atoms with Crippen molar-refractivity contribution in [1.29, 1.82) is 0 Å². The number of carbonyl (C=O) groups excluding carboxylic acids is 1. The van der Waals surface area contributed by atoms with Gasteiger partial charge in [-0.3, -0.25) is 0 Å². The van der Waals surface area contributed by atoms with Crippen molar-refractivity contribution in [3.05, 3.63) is 53.6 Å². The minimum Gasteiger partial charge on any atom is -0.462 e. The maximum Gasteiger partial charge on any atom is 0.338 e. The Morgan fingerprint density at radius 2 is 2.05 bits per heavy atom. The molecule has 0 aliphatic rings. The summed E-state index contributed by atoms with van der Waals surface area (Å²) in [6.45, 7) is 4.19. The monoisotopic (exact) mass is 287 g/mol. The van der Waals surface area contributed by atoms with Crippen LogP contribution in [-0.4, -0.2) is 12.6 Å². The molecule has 0 spiro atoms. The van der Waals surface area contributed by atoms with Crippen LogP contribution in [-0.2, 0) is 4.74 Å². The molecule has 0 bridgehead atoms. The van der Waals surface area contributed by atoms with E-state index >= 15 is 0 Å². The number of hydrogen-bond donors (Lipinski definition) is 1. The van der Waals surface area contributed by atoms with Gasteiger partial charge in [-0.2, -0.15) is 0 Å². The van der Waals surface area contributed by atoms with Crippen LogP contribution >= 0.6 is 11.8 Å². The Morgan fingerprint density at radius 3 is 2.70 bits per heavy atom. The zero-order valence-electron chi connectivity index (χ0n) is 11.6. The van der Waals surface area contributed by atoms with E-state index in [1.165, 1.54) is 5.56 Å². The van der Waals surface area contributed by atoms with Crippen molar-refractivity contribution >= 4 is 23.4 Å².